The Bertz CT molecular complexity index is 1280. The van der Waals surface area contributed by atoms with Crippen LogP contribution in [0.5, 0.6) is 0 Å². The maximum Gasteiger partial charge on any atom is 0.334 e. The van der Waals surface area contributed by atoms with Crippen molar-refractivity contribution in [3.05, 3.63) is 74.6 Å². The van der Waals surface area contributed by atoms with Crippen molar-refractivity contribution in [2.24, 2.45) is 0 Å². The van der Waals surface area contributed by atoms with Crippen molar-refractivity contribution < 1.29 is 4.74 Å². The second-order valence-electron chi connectivity index (χ2n) is 7.07. The SMILES string of the molecule is C1CCOC1.Cc1cccc(C)c1-n1c(=O)[nH]c2nc3ncccc3cc2c1=O. The van der Waals surface area contributed by atoms with E-state index in [0.717, 1.165) is 29.7 Å². The van der Waals surface area contributed by atoms with Crippen LogP contribution in [0.25, 0.3) is 27.8 Å². The molecule has 0 radical (unpaired) electrons. The first-order valence-electron chi connectivity index (χ1n) is 9.61. The molecule has 1 aliphatic heterocycles. The first-order chi connectivity index (χ1) is 14.1. The third-order valence-corrected chi connectivity index (χ3v) is 4.94. The minimum absolute atomic E-state index is 0.249. The number of pyridine rings is 2. The molecule has 7 heteroatoms. The molecule has 5 rings (SSSR count). The highest BCUT2D eigenvalue weighted by atomic mass is 16.5. The summed E-state index contributed by atoms with van der Waals surface area (Å²) in [6.45, 7) is 5.75. The number of rotatable bonds is 1. The van der Waals surface area contributed by atoms with Crippen molar-refractivity contribution >= 4 is 22.1 Å². The molecule has 4 aromatic rings. The molecular formula is C22H22N4O3. The quantitative estimate of drug-likeness (QED) is 0.505. The molecule has 0 atom stereocenters. The smallest absolute Gasteiger partial charge is 0.334 e. The summed E-state index contributed by atoms with van der Waals surface area (Å²) in [7, 11) is 0. The van der Waals surface area contributed by atoms with Crippen LogP contribution in [0.15, 0.2) is 52.2 Å². The van der Waals surface area contributed by atoms with E-state index in [9.17, 15) is 9.59 Å². The van der Waals surface area contributed by atoms with E-state index in [4.69, 9.17) is 4.74 Å². The molecule has 1 saturated heterocycles. The predicted octanol–water partition coefficient (Wildman–Crippen LogP) is 3.04. The van der Waals surface area contributed by atoms with Gasteiger partial charge in [0.1, 0.15) is 5.65 Å². The van der Waals surface area contributed by atoms with Crippen molar-refractivity contribution in [2.45, 2.75) is 26.7 Å². The van der Waals surface area contributed by atoms with Crippen molar-refractivity contribution in [1.29, 1.82) is 0 Å². The van der Waals surface area contributed by atoms with E-state index in [2.05, 4.69) is 15.0 Å². The Morgan fingerprint density at radius 2 is 1.76 bits per heavy atom. The second-order valence-corrected chi connectivity index (χ2v) is 7.07. The van der Waals surface area contributed by atoms with E-state index < -0.39 is 5.69 Å². The molecule has 0 amide bonds. The van der Waals surface area contributed by atoms with Gasteiger partial charge in [-0.25, -0.2) is 19.3 Å². The number of aromatic nitrogens is 4. The molecule has 1 fully saturated rings. The molecule has 1 aliphatic rings. The lowest BCUT2D eigenvalue weighted by Crippen LogP contribution is -2.34. The summed E-state index contributed by atoms with van der Waals surface area (Å²) in [5.74, 6) is 0. The number of hydrogen-bond donors (Lipinski definition) is 1. The molecule has 29 heavy (non-hydrogen) atoms. The molecule has 1 N–H and O–H groups in total. The number of fused-ring (bicyclic) bond motifs is 2. The minimum Gasteiger partial charge on any atom is -0.381 e. The Morgan fingerprint density at radius 1 is 1.03 bits per heavy atom. The topological polar surface area (TPSA) is 89.9 Å². The molecule has 0 unspecified atom stereocenters. The summed E-state index contributed by atoms with van der Waals surface area (Å²) in [6.07, 6.45) is 4.18. The highest BCUT2D eigenvalue weighted by molar-refractivity contribution is 5.88. The summed E-state index contributed by atoms with van der Waals surface area (Å²) in [5, 5.41) is 1.11. The van der Waals surface area contributed by atoms with E-state index in [-0.39, 0.29) is 11.2 Å². The van der Waals surface area contributed by atoms with Crippen LogP contribution in [-0.4, -0.2) is 32.7 Å². The first-order valence-corrected chi connectivity index (χ1v) is 9.61. The van der Waals surface area contributed by atoms with Crippen LogP contribution in [0.1, 0.15) is 24.0 Å². The standard InChI is InChI=1S/C18H14N4O2.C4H8O/c1-10-5-3-6-11(2)14(10)22-17(23)13-9-12-7-4-8-19-15(12)20-16(13)21-18(22)24;1-2-4-5-3-1/h3-9H,1-2H3,(H,19,20,21,24);1-4H2. The molecule has 4 heterocycles. The zero-order valence-corrected chi connectivity index (χ0v) is 16.4. The van der Waals surface area contributed by atoms with Gasteiger partial charge in [-0.15, -0.1) is 0 Å². The van der Waals surface area contributed by atoms with Gasteiger partial charge in [-0.05, 0) is 56.0 Å². The molecular weight excluding hydrogens is 368 g/mol. The molecule has 3 aromatic heterocycles. The maximum atomic E-state index is 13.0. The van der Waals surface area contributed by atoms with E-state index in [1.807, 2.05) is 38.1 Å². The third-order valence-electron chi connectivity index (χ3n) is 4.94. The van der Waals surface area contributed by atoms with Crippen LogP contribution in [0, 0.1) is 13.8 Å². The molecule has 0 saturated carbocycles. The fourth-order valence-electron chi connectivity index (χ4n) is 3.51. The van der Waals surface area contributed by atoms with E-state index in [1.165, 1.54) is 17.4 Å². The Morgan fingerprint density at radius 3 is 2.41 bits per heavy atom. The lowest BCUT2D eigenvalue weighted by Gasteiger charge is -2.12. The first kappa shape index (κ1) is 19.0. The Balaban J connectivity index is 0.000000359. The van der Waals surface area contributed by atoms with E-state index in [0.29, 0.717) is 16.7 Å². The Hall–Kier alpha value is -3.32. The number of aryl methyl sites for hydroxylation is 2. The monoisotopic (exact) mass is 390 g/mol. The number of nitrogens with one attached hydrogen (secondary N) is 1. The summed E-state index contributed by atoms with van der Waals surface area (Å²) in [6, 6.07) is 11.0. The summed E-state index contributed by atoms with van der Waals surface area (Å²) < 4.78 is 6.12. The van der Waals surface area contributed by atoms with Gasteiger partial charge < -0.3 is 4.74 Å². The number of hydrogen-bond acceptors (Lipinski definition) is 5. The van der Waals surface area contributed by atoms with Crippen LogP contribution in [0.4, 0.5) is 0 Å². The fourth-order valence-corrected chi connectivity index (χ4v) is 3.51. The average Bonchev–Trinajstić information content (AvgIpc) is 3.29. The van der Waals surface area contributed by atoms with Gasteiger partial charge in [-0.2, -0.15) is 0 Å². The van der Waals surface area contributed by atoms with Crippen LogP contribution >= 0.6 is 0 Å². The lowest BCUT2D eigenvalue weighted by atomic mass is 10.1. The van der Waals surface area contributed by atoms with Crippen LogP contribution in [0.3, 0.4) is 0 Å². The zero-order chi connectivity index (χ0) is 20.4. The van der Waals surface area contributed by atoms with Gasteiger partial charge in [0, 0.05) is 24.8 Å². The summed E-state index contributed by atoms with van der Waals surface area (Å²) >= 11 is 0. The predicted molar refractivity (Wildman–Crippen MR) is 113 cm³/mol. The average molecular weight is 390 g/mol. The minimum atomic E-state index is -0.507. The molecule has 7 nitrogen and oxygen atoms in total. The fraction of sp³-hybridized carbons (Fsp3) is 0.273. The highest BCUT2D eigenvalue weighted by Gasteiger charge is 2.14. The Kier molecular flexibility index (Phi) is 5.22. The molecule has 0 bridgehead atoms. The van der Waals surface area contributed by atoms with Gasteiger partial charge in [-0.3, -0.25) is 9.78 Å². The summed E-state index contributed by atoms with van der Waals surface area (Å²) in [4.78, 5) is 36.7. The van der Waals surface area contributed by atoms with E-state index in [1.54, 1.807) is 18.3 Å². The van der Waals surface area contributed by atoms with Crippen molar-refractivity contribution in [3.8, 4) is 5.69 Å². The summed E-state index contributed by atoms with van der Waals surface area (Å²) in [5.41, 5.74) is 2.17. The highest BCUT2D eigenvalue weighted by Crippen LogP contribution is 2.17. The number of H-pyrrole nitrogens is 1. The number of aromatic amines is 1. The van der Waals surface area contributed by atoms with Crippen LogP contribution < -0.4 is 11.2 Å². The van der Waals surface area contributed by atoms with Crippen molar-refractivity contribution in [2.75, 3.05) is 13.2 Å². The van der Waals surface area contributed by atoms with Crippen molar-refractivity contribution in [3.63, 3.8) is 0 Å². The maximum absolute atomic E-state index is 13.0. The van der Waals surface area contributed by atoms with Gasteiger partial charge >= 0.3 is 5.69 Å². The zero-order valence-electron chi connectivity index (χ0n) is 16.4. The normalized spacial score (nSPS) is 13.4. The van der Waals surface area contributed by atoms with Gasteiger partial charge in [0.15, 0.2) is 5.65 Å². The van der Waals surface area contributed by atoms with Gasteiger partial charge in [0.2, 0.25) is 0 Å². The molecule has 0 spiro atoms. The largest absolute Gasteiger partial charge is 0.381 e. The Labute approximate surface area is 167 Å². The third kappa shape index (κ3) is 3.69. The van der Waals surface area contributed by atoms with Gasteiger partial charge in [0.05, 0.1) is 11.1 Å². The molecule has 148 valence electrons. The second kappa shape index (κ2) is 7.97. The van der Waals surface area contributed by atoms with Gasteiger partial charge in [0.25, 0.3) is 5.56 Å². The number of nitrogens with zero attached hydrogens (tertiary/aromatic N) is 3. The van der Waals surface area contributed by atoms with Crippen molar-refractivity contribution in [1.82, 2.24) is 19.5 Å². The van der Waals surface area contributed by atoms with E-state index >= 15 is 0 Å². The number of ether oxygens (including phenoxy) is 1. The lowest BCUT2D eigenvalue weighted by molar-refractivity contribution is 0.198. The van der Waals surface area contributed by atoms with Gasteiger partial charge in [-0.1, -0.05) is 18.2 Å². The molecule has 1 aromatic carbocycles. The number of benzene rings is 1. The van der Waals surface area contributed by atoms with Crippen LogP contribution in [-0.2, 0) is 4.74 Å². The van der Waals surface area contributed by atoms with Crippen LogP contribution in [0.2, 0.25) is 0 Å². The molecule has 0 aliphatic carbocycles. The number of para-hydroxylation sites is 1.